The molecule has 0 saturated heterocycles. The Morgan fingerprint density at radius 3 is 2.34 bits per heavy atom. The second kappa shape index (κ2) is 12.3. The van der Waals surface area contributed by atoms with Gasteiger partial charge in [0.1, 0.15) is 11.7 Å². The normalized spacial score (nSPS) is 16.2. The topological polar surface area (TPSA) is 88.2 Å². The maximum atomic E-state index is 14.4. The van der Waals surface area contributed by atoms with Gasteiger partial charge in [-0.25, -0.2) is 0 Å². The fraction of sp³-hybridized carbons (Fsp3) is 0.258. The van der Waals surface area contributed by atoms with Crippen LogP contribution in [-0.2, 0) is 15.8 Å². The predicted octanol–water partition coefficient (Wildman–Crippen LogP) is 6.31. The van der Waals surface area contributed by atoms with Crippen LogP contribution in [0.1, 0.15) is 42.9 Å². The van der Waals surface area contributed by atoms with Crippen molar-refractivity contribution in [3.8, 4) is 5.75 Å². The van der Waals surface area contributed by atoms with Crippen molar-refractivity contribution in [1.29, 1.82) is 0 Å². The number of nitrogens with two attached hydrogens (primary N) is 1. The third-order valence-corrected chi connectivity index (χ3v) is 6.78. The monoisotopic (exact) mass is 564 g/mol. The van der Waals surface area contributed by atoms with Gasteiger partial charge in [-0.1, -0.05) is 31.2 Å². The largest absolute Gasteiger partial charge is 0.496 e. The fourth-order valence-electron chi connectivity index (χ4n) is 4.82. The standard InChI is InChI=1S/C31H31F3N4O3/c1-4-15-36-19-21(18-35)20-11-14-27(41-3)24(16-20)28-29(39)37(5-2)25-13-12-22(31(32,33)34)17-26(25)38(30(28)40)23-9-7-6-8-10-23/h6-14,16-19,28H,4-5,15,35H2,1-3H3. The van der Waals surface area contributed by atoms with Gasteiger partial charge in [-0.15, -0.1) is 0 Å². The van der Waals surface area contributed by atoms with E-state index in [1.165, 1.54) is 29.2 Å². The highest BCUT2D eigenvalue weighted by Crippen LogP contribution is 2.45. The number of hydrogen-bond donors (Lipinski definition) is 1. The van der Waals surface area contributed by atoms with Crippen LogP contribution in [-0.4, -0.2) is 38.2 Å². The molecule has 0 fully saturated rings. The molecule has 10 heteroatoms. The summed E-state index contributed by atoms with van der Waals surface area (Å²) in [5.41, 5.74) is 6.84. The molecule has 0 radical (unpaired) electrons. The van der Waals surface area contributed by atoms with Gasteiger partial charge in [0.25, 0.3) is 0 Å². The molecule has 0 aliphatic carbocycles. The molecule has 2 amide bonds. The minimum Gasteiger partial charge on any atom is -0.496 e. The zero-order valence-electron chi connectivity index (χ0n) is 23.0. The quantitative estimate of drug-likeness (QED) is 0.257. The minimum absolute atomic E-state index is 0.0434. The molecule has 1 atom stereocenters. The van der Waals surface area contributed by atoms with Crippen molar-refractivity contribution in [3.05, 3.63) is 89.6 Å². The number of carbonyl (C=O) groups is 2. The number of allylic oxidation sites excluding steroid dienone is 1. The molecule has 41 heavy (non-hydrogen) atoms. The Morgan fingerprint density at radius 2 is 1.73 bits per heavy atom. The van der Waals surface area contributed by atoms with E-state index >= 15 is 0 Å². The van der Waals surface area contributed by atoms with E-state index in [4.69, 9.17) is 10.5 Å². The number of hydrogen-bond acceptors (Lipinski definition) is 5. The summed E-state index contributed by atoms with van der Waals surface area (Å²) in [5, 5.41) is 0. The highest BCUT2D eigenvalue weighted by Gasteiger charge is 2.44. The van der Waals surface area contributed by atoms with Crippen molar-refractivity contribution >= 4 is 40.7 Å². The lowest BCUT2D eigenvalue weighted by Crippen LogP contribution is -2.39. The minimum atomic E-state index is -4.66. The molecule has 2 N–H and O–H groups in total. The molecule has 0 saturated carbocycles. The average molecular weight is 565 g/mol. The van der Waals surface area contributed by atoms with E-state index in [0.29, 0.717) is 23.4 Å². The number of anilines is 3. The second-order valence-electron chi connectivity index (χ2n) is 9.34. The number of alkyl halides is 3. The molecule has 1 aliphatic rings. The van der Waals surface area contributed by atoms with Crippen LogP contribution in [0.3, 0.4) is 0 Å². The van der Waals surface area contributed by atoms with Crippen molar-refractivity contribution in [2.75, 3.05) is 30.0 Å². The summed E-state index contributed by atoms with van der Waals surface area (Å²) in [7, 11) is 1.42. The maximum Gasteiger partial charge on any atom is 0.416 e. The van der Waals surface area contributed by atoms with Crippen LogP contribution >= 0.6 is 0 Å². The molecule has 1 aliphatic heterocycles. The summed E-state index contributed by atoms with van der Waals surface area (Å²) < 4.78 is 47.0. The number of amides is 2. The maximum absolute atomic E-state index is 14.4. The molecular weight excluding hydrogens is 533 g/mol. The smallest absolute Gasteiger partial charge is 0.416 e. The number of aliphatic imine (C=N–C) groups is 1. The van der Waals surface area contributed by atoms with Crippen molar-refractivity contribution < 1.29 is 27.5 Å². The predicted molar refractivity (Wildman–Crippen MR) is 155 cm³/mol. The van der Waals surface area contributed by atoms with E-state index in [2.05, 4.69) is 4.99 Å². The molecule has 3 aromatic carbocycles. The van der Waals surface area contributed by atoms with Gasteiger partial charge >= 0.3 is 6.18 Å². The highest BCUT2D eigenvalue weighted by molar-refractivity contribution is 6.23. The number of benzene rings is 3. The number of likely N-dealkylation sites (N-methyl/N-ethyl adjacent to an activating group) is 1. The SMILES string of the molecule is CCCN=CC(=CN)c1ccc(OC)c(C2C(=O)N(CC)c3ccc(C(F)(F)F)cc3N(c3ccccc3)C2=O)c1. The van der Waals surface area contributed by atoms with Gasteiger partial charge in [-0.05, 0) is 61.4 Å². The van der Waals surface area contributed by atoms with E-state index < -0.39 is 29.5 Å². The summed E-state index contributed by atoms with van der Waals surface area (Å²) in [6.07, 6.45) is -0.819. The molecule has 0 aromatic heterocycles. The van der Waals surface area contributed by atoms with Crippen LogP contribution in [0.25, 0.3) is 5.57 Å². The van der Waals surface area contributed by atoms with Crippen molar-refractivity contribution in [3.63, 3.8) is 0 Å². The number of para-hydroxylation sites is 1. The molecule has 1 unspecified atom stereocenters. The lowest BCUT2D eigenvalue weighted by atomic mass is 9.91. The van der Waals surface area contributed by atoms with E-state index in [1.54, 1.807) is 61.7 Å². The first-order valence-electron chi connectivity index (χ1n) is 13.2. The summed E-state index contributed by atoms with van der Waals surface area (Å²) >= 11 is 0. The van der Waals surface area contributed by atoms with Gasteiger partial charge in [0.15, 0.2) is 0 Å². The Morgan fingerprint density at radius 1 is 1.00 bits per heavy atom. The Bertz CT molecular complexity index is 1490. The Balaban J connectivity index is 1.98. The number of halogens is 3. The number of rotatable bonds is 8. The Labute approximate surface area is 236 Å². The first kappa shape index (κ1) is 29.4. The molecular formula is C31H31F3N4O3. The molecule has 214 valence electrons. The average Bonchev–Trinajstić information content (AvgIpc) is 3.05. The number of ether oxygens (including phenoxy) is 1. The van der Waals surface area contributed by atoms with E-state index in [1.807, 2.05) is 6.92 Å². The number of carbonyl (C=O) groups excluding carboxylic acids is 2. The van der Waals surface area contributed by atoms with Crippen LogP contribution in [0.4, 0.5) is 30.2 Å². The first-order valence-corrected chi connectivity index (χ1v) is 13.2. The Kier molecular flexibility index (Phi) is 8.80. The van der Waals surface area contributed by atoms with Crippen LogP contribution < -0.4 is 20.3 Å². The van der Waals surface area contributed by atoms with Gasteiger partial charge in [-0.3, -0.25) is 19.5 Å². The van der Waals surface area contributed by atoms with E-state index in [0.717, 1.165) is 18.6 Å². The van der Waals surface area contributed by atoms with Crippen LogP contribution in [0.15, 0.2) is 77.9 Å². The van der Waals surface area contributed by atoms with Crippen LogP contribution in [0, 0.1) is 0 Å². The van der Waals surface area contributed by atoms with Gasteiger partial charge in [-0.2, -0.15) is 13.2 Å². The molecule has 1 heterocycles. The molecule has 4 rings (SSSR count). The van der Waals surface area contributed by atoms with Gasteiger partial charge in [0.05, 0.1) is 24.0 Å². The van der Waals surface area contributed by atoms with Crippen LogP contribution in [0.2, 0.25) is 0 Å². The second-order valence-corrected chi connectivity index (χ2v) is 9.34. The summed E-state index contributed by atoms with van der Waals surface area (Å²) in [4.78, 5) is 35.5. The van der Waals surface area contributed by atoms with Gasteiger partial charge in [0.2, 0.25) is 11.8 Å². The van der Waals surface area contributed by atoms with E-state index in [9.17, 15) is 22.8 Å². The lowest BCUT2D eigenvalue weighted by molar-refractivity contribution is -0.137. The zero-order valence-corrected chi connectivity index (χ0v) is 23.0. The fourth-order valence-corrected chi connectivity index (χ4v) is 4.82. The van der Waals surface area contributed by atoms with Gasteiger partial charge in [0, 0.05) is 42.3 Å². The lowest BCUT2D eigenvalue weighted by Gasteiger charge is -2.26. The molecule has 0 spiro atoms. The molecule has 7 nitrogen and oxygen atoms in total. The van der Waals surface area contributed by atoms with Crippen LogP contribution in [0.5, 0.6) is 5.75 Å². The highest BCUT2D eigenvalue weighted by atomic mass is 19.4. The first-order chi connectivity index (χ1) is 19.7. The third-order valence-electron chi connectivity index (χ3n) is 6.78. The molecule has 0 bridgehead atoms. The number of nitrogens with zero attached hydrogens (tertiary/aromatic N) is 3. The summed E-state index contributed by atoms with van der Waals surface area (Å²) in [5.74, 6) is -2.47. The molecule has 3 aromatic rings. The number of methoxy groups -OCH3 is 1. The van der Waals surface area contributed by atoms with Gasteiger partial charge < -0.3 is 15.4 Å². The summed E-state index contributed by atoms with van der Waals surface area (Å²) in [6, 6.07) is 16.4. The zero-order chi connectivity index (χ0) is 29.7. The third kappa shape index (κ3) is 5.82. The Hall–Kier alpha value is -4.60. The van der Waals surface area contributed by atoms with Crippen molar-refractivity contribution in [2.45, 2.75) is 32.4 Å². The number of fused-ring (bicyclic) bond motifs is 1. The van der Waals surface area contributed by atoms with E-state index in [-0.39, 0.29) is 29.2 Å². The summed E-state index contributed by atoms with van der Waals surface area (Å²) in [6.45, 7) is 4.40. The van der Waals surface area contributed by atoms with Crippen molar-refractivity contribution in [1.82, 2.24) is 0 Å². The van der Waals surface area contributed by atoms with Crippen molar-refractivity contribution in [2.24, 2.45) is 10.7 Å².